The SMILES string of the molecule is COC(=O)c1cc(Cl)c(OC)c(S(=O)(=O)Cl)c1.COC(=O)c1cc(Cl)c(OC)c(S(=O)(=O)Nc2cc(-c3ccccc3)ccn2)c1.Nc1cc(-c2ccccc2)ccn1. The van der Waals surface area contributed by atoms with Gasteiger partial charge in [0.15, 0.2) is 11.5 Å². The van der Waals surface area contributed by atoms with Crippen molar-refractivity contribution in [3.63, 3.8) is 0 Å². The van der Waals surface area contributed by atoms with E-state index < -0.39 is 31.0 Å². The van der Waals surface area contributed by atoms with Crippen LogP contribution in [0.3, 0.4) is 0 Å². The van der Waals surface area contributed by atoms with E-state index in [2.05, 4.69) is 36.3 Å². The Morgan fingerprint density at radius 1 is 0.593 bits per heavy atom. The molecule has 0 saturated heterocycles. The second kappa shape index (κ2) is 20.7. The van der Waals surface area contributed by atoms with E-state index in [1.54, 1.807) is 18.3 Å². The molecule has 19 heteroatoms. The van der Waals surface area contributed by atoms with Crippen LogP contribution in [0, 0.1) is 0 Å². The summed E-state index contributed by atoms with van der Waals surface area (Å²) < 4.78 is 70.1. The number of esters is 2. The summed E-state index contributed by atoms with van der Waals surface area (Å²) in [6, 6.07) is 31.4. The number of aromatic nitrogens is 2. The first-order valence-corrected chi connectivity index (χ1v) is 21.2. The van der Waals surface area contributed by atoms with Crippen LogP contribution in [0.2, 0.25) is 10.0 Å². The molecule has 0 bridgehead atoms. The summed E-state index contributed by atoms with van der Waals surface area (Å²) in [5.74, 6) is -0.999. The molecule has 6 aromatic rings. The van der Waals surface area contributed by atoms with Crippen LogP contribution in [0.1, 0.15) is 20.7 Å². The van der Waals surface area contributed by atoms with E-state index in [-0.39, 0.29) is 48.3 Å². The molecule has 0 saturated carbocycles. The summed E-state index contributed by atoms with van der Waals surface area (Å²) >= 11 is 11.9. The maximum Gasteiger partial charge on any atom is 0.337 e. The first kappa shape index (κ1) is 45.8. The molecule has 308 valence electrons. The number of nitrogens with two attached hydrogens (primary N) is 1. The van der Waals surface area contributed by atoms with Crippen molar-refractivity contribution in [1.82, 2.24) is 9.97 Å². The van der Waals surface area contributed by atoms with Crippen LogP contribution >= 0.6 is 33.9 Å². The zero-order valence-electron chi connectivity index (χ0n) is 31.6. The van der Waals surface area contributed by atoms with Crippen molar-refractivity contribution in [3.05, 3.63) is 143 Å². The van der Waals surface area contributed by atoms with E-state index in [1.807, 2.05) is 60.7 Å². The van der Waals surface area contributed by atoms with Crippen LogP contribution < -0.4 is 19.9 Å². The zero-order chi connectivity index (χ0) is 43.3. The fraction of sp³-hybridized carbons (Fsp3) is 0.100. The number of nitrogens with zero attached hydrogens (tertiary/aromatic N) is 2. The number of ether oxygens (including phenoxy) is 4. The largest absolute Gasteiger partial charge is 0.494 e. The van der Waals surface area contributed by atoms with Crippen LogP contribution in [0.15, 0.2) is 131 Å². The minimum atomic E-state index is -4.17. The van der Waals surface area contributed by atoms with Gasteiger partial charge in [0.2, 0.25) is 0 Å². The molecule has 59 heavy (non-hydrogen) atoms. The van der Waals surface area contributed by atoms with Gasteiger partial charge in [0, 0.05) is 23.1 Å². The minimum absolute atomic E-state index is 0.0235. The molecule has 0 aliphatic carbocycles. The predicted octanol–water partition coefficient (Wildman–Crippen LogP) is 8.39. The molecule has 2 aromatic heterocycles. The topological polar surface area (TPSA) is 203 Å². The van der Waals surface area contributed by atoms with E-state index in [1.165, 1.54) is 39.7 Å². The quantitative estimate of drug-likeness (QED) is 0.0981. The molecule has 0 amide bonds. The lowest BCUT2D eigenvalue weighted by Crippen LogP contribution is -2.16. The molecule has 4 aromatic carbocycles. The van der Waals surface area contributed by atoms with Gasteiger partial charge in [-0.25, -0.2) is 36.4 Å². The molecule has 0 aliphatic heterocycles. The number of carbonyl (C=O) groups is 2. The standard InChI is InChI=1S/C20H17ClN2O5S.C11H10N2.C9H8Cl2O5S/c1-27-19-16(21)10-15(20(24)28-2)11-17(19)29(25,26)23-18-12-14(8-9-22-18)13-6-4-3-5-7-13;12-11-8-10(6-7-13-11)9-4-2-1-3-5-9;1-15-8-6(10)3-5(9(12)16-2)4-7(8)17(11,13)14/h3-12H,1-2H3,(H,22,23);1-8H,(H2,12,13);3-4H,1-2H3. The number of carbonyl (C=O) groups excluding carboxylic acids is 2. The van der Waals surface area contributed by atoms with E-state index in [9.17, 15) is 26.4 Å². The molecule has 2 heterocycles. The van der Waals surface area contributed by atoms with Gasteiger partial charge in [-0.2, -0.15) is 0 Å². The Morgan fingerprint density at radius 3 is 1.47 bits per heavy atom. The van der Waals surface area contributed by atoms with Gasteiger partial charge in [-0.1, -0.05) is 83.9 Å². The third kappa shape index (κ3) is 12.3. The normalized spacial score (nSPS) is 10.8. The molecule has 3 N–H and O–H groups in total. The van der Waals surface area contributed by atoms with Gasteiger partial charge in [-0.05, 0) is 70.8 Å². The number of halogens is 3. The summed E-state index contributed by atoms with van der Waals surface area (Å²) in [5.41, 5.74) is 9.49. The fourth-order valence-corrected chi connectivity index (χ4v) is 8.08. The third-order valence-corrected chi connectivity index (χ3v) is 11.1. The molecule has 0 fully saturated rings. The second-order valence-electron chi connectivity index (χ2n) is 11.6. The first-order valence-electron chi connectivity index (χ1n) is 16.7. The predicted molar refractivity (Wildman–Crippen MR) is 226 cm³/mol. The summed E-state index contributed by atoms with van der Waals surface area (Å²) in [4.78, 5) is 30.5. The smallest absolute Gasteiger partial charge is 0.337 e. The van der Waals surface area contributed by atoms with Crippen LogP contribution in [0.5, 0.6) is 11.5 Å². The maximum atomic E-state index is 13.0. The number of pyridine rings is 2. The Balaban J connectivity index is 0.000000216. The number of hydrogen-bond donors (Lipinski definition) is 2. The lowest BCUT2D eigenvalue weighted by Gasteiger charge is -2.14. The molecule has 0 atom stereocenters. The molecule has 14 nitrogen and oxygen atoms in total. The van der Waals surface area contributed by atoms with Gasteiger partial charge >= 0.3 is 11.9 Å². The van der Waals surface area contributed by atoms with Crippen molar-refractivity contribution in [3.8, 4) is 33.8 Å². The molecule has 0 radical (unpaired) electrons. The van der Waals surface area contributed by atoms with E-state index in [4.69, 9.17) is 49.1 Å². The third-order valence-electron chi connectivity index (χ3n) is 7.82. The Kier molecular flexibility index (Phi) is 16.0. The first-order chi connectivity index (χ1) is 28.0. The maximum absolute atomic E-state index is 13.0. The van der Waals surface area contributed by atoms with Gasteiger partial charge in [0.25, 0.3) is 19.1 Å². The average Bonchev–Trinajstić information content (AvgIpc) is 3.23. The van der Waals surface area contributed by atoms with Crippen LogP contribution in [0.4, 0.5) is 11.6 Å². The average molecular weight is 902 g/mol. The van der Waals surface area contributed by atoms with Gasteiger partial charge in [-0.15, -0.1) is 0 Å². The van der Waals surface area contributed by atoms with Crippen molar-refractivity contribution >= 4 is 76.5 Å². The van der Waals surface area contributed by atoms with E-state index in [0.29, 0.717) is 5.82 Å². The van der Waals surface area contributed by atoms with Crippen LogP contribution in [0.25, 0.3) is 22.3 Å². The summed E-state index contributed by atoms with van der Waals surface area (Å²) in [6.45, 7) is 0. The number of hydrogen-bond acceptors (Lipinski definition) is 13. The number of methoxy groups -OCH3 is 4. The highest BCUT2D eigenvalue weighted by Gasteiger charge is 2.26. The van der Waals surface area contributed by atoms with Crippen LogP contribution in [-0.2, 0) is 28.5 Å². The highest BCUT2D eigenvalue weighted by molar-refractivity contribution is 8.13. The van der Waals surface area contributed by atoms with Crippen molar-refractivity contribution in [2.45, 2.75) is 9.79 Å². The minimum Gasteiger partial charge on any atom is -0.494 e. The molecule has 0 unspecified atom stereocenters. The van der Waals surface area contributed by atoms with Crippen LogP contribution in [-0.4, -0.2) is 67.2 Å². The van der Waals surface area contributed by atoms with Gasteiger partial charge in [-0.3, -0.25) is 4.72 Å². The summed E-state index contributed by atoms with van der Waals surface area (Å²) in [5, 5.41) is -0.0867. The zero-order valence-corrected chi connectivity index (χ0v) is 35.5. The molecular weight excluding hydrogens is 867 g/mol. The van der Waals surface area contributed by atoms with Crippen molar-refractivity contribution in [2.75, 3.05) is 38.9 Å². The Hall–Kier alpha value is -5.91. The van der Waals surface area contributed by atoms with E-state index in [0.717, 1.165) is 41.5 Å². The van der Waals surface area contributed by atoms with Gasteiger partial charge in [0.05, 0.1) is 49.6 Å². The molecular formula is C40H35Cl3N4O10S2. The lowest BCUT2D eigenvalue weighted by molar-refractivity contribution is 0.0591. The Bertz CT molecular complexity index is 2660. The number of anilines is 2. The Morgan fingerprint density at radius 2 is 1.03 bits per heavy atom. The molecule has 0 spiro atoms. The summed E-state index contributed by atoms with van der Waals surface area (Å²) in [7, 11) is 1.84. The number of benzene rings is 4. The Labute approximate surface area is 355 Å². The molecule has 6 rings (SSSR count). The fourth-order valence-electron chi connectivity index (χ4n) is 5.13. The van der Waals surface area contributed by atoms with Gasteiger partial charge < -0.3 is 24.7 Å². The van der Waals surface area contributed by atoms with Crippen molar-refractivity contribution in [2.24, 2.45) is 0 Å². The highest BCUT2D eigenvalue weighted by Crippen LogP contribution is 2.36. The number of sulfonamides is 1. The number of nitrogens with one attached hydrogen (secondary N) is 1. The second-order valence-corrected chi connectivity index (χ2v) is 16.6. The number of nitrogen functional groups attached to an aromatic ring is 1. The summed E-state index contributed by atoms with van der Waals surface area (Å²) in [6.07, 6.45) is 3.22. The van der Waals surface area contributed by atoms with Crippen molar-refractivity contribution in [1.29, 1.82) is 0 Å². The lowest BCUT2D eigenvalue weighted by atomic mass is 10.1. The van der Waals surface area contributed by atoms with Gasteiger partial charge in [0.1, 0.15) is 21.4 Å². The van der Waals surface area contributed by atoms with E-state index >= 15 is 0 Å². The number of rotatable bonds is 10. The van der Waals surface area contributed by atoms with Crippen molar-refractivity contribution < 1.29 is 45.4 Å². The molecule has 0 aliphatic rings. The monoisotopic (exact) mass is 900 g/mol. The highest BCUT2D eigenvalue weighted by atomic mass is 35.7.